The number of guanidine groups is 1. The number of hydrogen-bond acceptors (Lipinski definition) is 3. The SMILES string of the molecule is CN=C(NCc1nccn1CCc1ccccc1)NC1CCN(C(=O)C2CCCCC2)C1.I. The summed E-state index contributed by atoms with van der Waals surface area (Å²) in [4.78, 5) is 23.8. The second-order valence-corrected chi connectivity index (χ2v) is 8.95. The van der Waals surface area contributed by atoms with E-state index in [2.05, 4.69) is 54.3 Å². The Labute approximate surface area is 214 Å². The van der Waals surface area contributed by atoms with E-state index in [0.717, 1.165) is 57.1 Å². The third kappa shape index (κ3) is 7.19. The predicted molar refractivity (Wildman–Crippen MR) is 143 cm³/mol. The van der Waals surface area contributed by atoms with E-state index in [1.165, 1.54) is 24.8 Å². The number of hydrogen-bond donors (Lipinski definition) is 2. The molecular formula is C25H37IN6O. The molecule has 0 radical (unpaired) electrons. The molecule has 180 valence electrons. The quantitative estimate of drug-likeness (QED) is 0.307. The molecule has 33 heavy (non-hydrogen) atoms. The molecule has 2 N–H and O–H groups in total. The summed E-state index contributed by atoms with van der Waals surface area (Å²) in [5.41, 5.74) is 1.33. The normalized spacial score (nSPS) is 19.2. The van der Waals surface area contributed by atoms with Crippen LogP contribution in [0.5, 0.6) is 0 Å². The minimum Gasteiger partial charge on any atom is -0.352 e. The molecule has 1 saturated carbocycles. The number of benzene rings is 1. The number of imidazole rings is 1. The summed E-state index contributed by atoms with van der Waals surface area (Å²) in [7, 11) is 1.79. The summed E-state index contributed by atoms with van der Waals surface area (Å²) in [5.74, 6) is 2.36. The van der Waals surface area contributed by atoms with Gasteiger partial charge in [0, 0.05) is 51.0 Å². The first-order valence-electron chi connectivity index (χ1n) is 12.0. The van der Waals surface area contributed by atoms with Crippen LogP contribution in [0.1, 0.15) is 49.9 Å². The summed E-state index contributed by atoms with van der Waals surface area (Å²) in [6.07, 6.45) is 11.6. The van der Waals surface area contributed by atoms with Crippen molar-refractivity contribution in [3.05, 3.63) is 54.1 Å². The van der Waals surface area contributed by atoms with Crippen LogP contribution in [-0.4, -0.2) is 52.5 Å². The highest BCUT2D eigenvalue weighted by Crippen LogP contribution is 2.26. The minimum atomic E-state index is 0. The number of carbonyl (C=O) groups is 1. The first-order chi connectivity index (χ1) is 15.7. The van der Waals surface area contributed by atoms with Gasteiger partial charge >= 0.3 is 0 Å². The molecule has 2 heterocycles. The zero-order valence-electron chi connectivity index (χ0n) is 19.6. The first-order valence-corrected chi connectivity index (χ1v) is 12.0. The van der Waals surface area contributed by atoms with Gasteiger partial charge in [0.1, 0.15) is 5.82 Å². The largest absolute Gasteiger partial charge is 0.352 e. The van der Waals surface area contributed by atoms with Crippen molar-refractivity contribution < 1.29 is 4.79 Å². The van der Waals surface area contributed by atoms with Gasteiger partial charge in [-0.1, -0.05) is 49.6 Å². The van der Waals surface area contributed by atoms with Gasteiger partial charge in [-0.05, 0) is 31.2 Å². The van der Waals surface area contributed by atoms with E-state index in [4.69, 9.17) is 0 Å². The highest BCUT2D eigenvalue weighted by atomic mass is 127. The molecule has 1 aliphatic heterocycles. The fourth-order valence-corrected chi connectivity index (χ4v) is 4.84. The van der Waals surface area contributed by atoms with E-state index in [9.17, 15) is 4.79 Å². The fraction of sp³-hybridized carbons (Fsp3) is 0.560. The number of nitrogens with zero attached hydrogens (tertiary/aromatic N) is 4. The maximum atomic E-state index is 12.8. The molecule has 1 aromatic heterocycles. The van der Waals surface area contributed by atoms with Crippen molar-refractivity contribution in [3.63, 3.8) is 0 Å². The lowest BCUT2D eigenvalue weighted by Crippen LogP contribution is -2.45. The van der Waals surface area contributed by atoms with E-state index in [1.54, 1.807) is 7.05 Å². The van der Waals surface area contributed by atoms with Crippen molar-refractivity contribution >= 4 is 35.8 Å². The van der Waals surface area contributed by atoms with Gasteiger partial charge in [0.15, 0.2) is 5.96 Å². The van der Waals surface area contributed by atoms with Crippen molar-refractivity contribution in [3.8, 4) is 0 Å². The number of amides is 1. The predicted octanol–water partition coefficient (Wildman–Crippen LogP) is 3.59. The van der Waals surface area contributed by atoms with Gasteiger partial charge in [0.2, 0.25) is 5.91 Å². The Balaban J connectivity index is 0.00000306. The molecule has 1 unspecified atom stereocenters. The summed E-state index contributed by atoms with van der Waals surface area (Å²) >= 11 is 0. The molecule has 1 amide bonds. The van der Waals surface area contributed by atoms with Gasteiger partial charge in [0.25, 0.3) is 0 Å². The smallest absolute Gasteiger partial charge is 0.225 e. The Hall–Kier alpha value is -2.10. The summed E-state index contributed by atoms with van der Waals surface area (Å²) < 4.78 is 2.19. The number of aromatic nitrogens is 2. The molecule has 1 aliphatic carbocycles. The highest BCUT2D eigenvalue weighted by molar-refractivity contribution is 14.0. The Bertz CT molecular complexity index is 893. The van der Waals surface area contributed by atoms with Crippen LogP contribution in [0.4, 0.5) is 0 Å². The Kier molecular flexibility index (Phi) is 10.0. The first kappa shape index (κ1) is 25.5. The lowest BCUT2D eigenvalue weighted by Gasteiger charge is -2.26. The molecule has 1 atom stereocenters. The lowest BCUT2D eigenvalue weighted by molar-refractivity contribution is -0.135. The molecule has 4 rings (SSSR count). The topological polar surface area (TPSA) is 74.6 Å². The van der Waals surface area contributed by atoms with Crippen LogP contribution >= 0.6 is 24.0 Å². The summed E-state index contributed by atoms with van der Waals surface area (Å²) in [5, 5.41) is 6.90. The molecule has 7 nitrogen and oxygen atoms in total. The zero-order chi connectivity index (χ0) is 22.2. The van der Waals surface area contributed by atoms with E-state index >= 15 is 0 Å². The number of aliphatic imine (C=N–C) groups is 1. The van der Waals surface area contributed by atoms with Gasteiger partial charge < -0.3 is 20.1 Å². The van der Waals surface area contributed by atoms with Gasteiger partial charge in [0.05, 0.1) is 6.54 Å². The van der Waals surface area contributed by atoms with E-state index in [1.807, 2.05) is 18.5 Å². The van der Waals surface area contributed by atoms with E-state index in [-0.39, 0.29) is 35.9 Å². The zero-order valence-corrected chi connectivity index (χ0v) is 21.9. The minimum absolute atomic E-state index is 0. The summed E-state index contributed by atoms with van der Waals surface area (Å²) in [6, 6.07) is 10.8. The number of carbonyl (C=O) groups excluding carboxylic acids is 1. The van der Waals surface area contributed by atoms with Gasteiger partial charge in [-0.15, -0.1) is 24.0 Å². The molecular weight excluding hydrogens is 527 g/mol. The van der Waals surface area contributed by atoms with Crippen LogP contribution in [-0.2, 0) is 24.3 Å². The fourth-order valence-electron chi connectivity index (χ4n) is 4.84. The maximum absolute atomic E-state index is 12.8. The maximum Gasteiger partial charge on any atom is 0.225 e. The molecule has 2 fully saturated rings. The third-order valence-electron chi connectivity index (χ3n) is 6.72. The second-order valence-electron chi connectivity index (χ2n) is 8.95. The number of rotatable bonds is 7. The number of nitrogens with one attached hydrogen (secondary N) is 2. The number of halogens is 1. The highest BCUT2D eigenvalue weighted by Gasteiger charge is 2.31. The molecule has 0 spiro atoms. The van der Waals surface area contributed by atoms with Crippen molar-refractivity contribution in [1.29, 1.82) is 0 Å². The van der Waals surface area contributed by atoms with E-state index in [0.29, 0.717) is 12.5 Å². The van der Waals surface area contributed by atoms with Crippen LogP contribution in [0.25, 0.3) is 0 Å². The lowest BCUT2D eigenvalue weighted by atomic mass is 9.88. The van der Waals surface area contributed by atoms with Gasteiger partial charge in [-0.3, -0.25) is 9.79 Å². The molecule has 0 bridgehead atoms. The number of aryl methyl sites for hydroxylation is 2. The molecule has 2 aromatic rings. The average molecular weight is 565 g/mol. The van der Waals surface area contributed by atoms with Crippen molar-refractivity contribution in [2.24, 2.45) is 10.9 Å². The van der Waals surface area contributed by atoms with Crippen LogP contribution < -0.4 is 10.6 Å². The Morgan fingerprint density at radius 1 is 1.15 bits per heavy atom. The second kappa shape index (κ2) is 13.0. The van der Waals surface area contributed by atoms with Gasteiger partial charge in [-0.2, -0.15) is 0 Å². The molecule has 1 saturated heterocycles. The van der Waals surface area contributed by atoms with Crippen LogP contribution in [0.2, 0.25) is 0 Å². The van der Waals surface area contributed by atoms with Crippen molar-refractivity contribution in [2.45, 2.75) is 64.1 Å². The standard InChI is InChI=1S/C25H36N6O.HI/c1-26-25(29-22-13-16-31(19-22)24(32)21-10-6-3-7-11-21)28-18-23-27-14-17-30(23)15-12-20-8-4-2-5-9-20;/h2,4-5,8-9,14,17,21-22H,3,6-7,10-13,15-16,18-19H2,1H3,(H2,26,28,29);1H. The van der Waals surface area contributed by atoms with Crippen LogP contribution in [0.3, 0.4) is 0 Å². The number of likely N-dealkylation sites (tertiary alicyclic amines) is 1. The Morgan fingerprint density at radius 2 is 1.94 bits per heavy atom. The Morgan fingerprint density at radius 3 is 2.70 bits per heavy atom. The summed E-state index contributed by atoms with van der Waals surface area (Å²) in [6.45, 7) is 3.11. The molecule has 1 aromatic carbocycles. The van der Waals surface area contributed by atoms with E-state index < -0.39 is 0 Å². The monoisotopic (exact) mass is 564 g/mol. The van der Waals surface area contributed by atoms with Gasteiger partial charge in [-0.25, -0.2) is 4.98 Å². The average Bonchev–Trinajstić information content (AvgIpc) is 3.50. The van der Waals surface area contributed by atoms with Crippen molar-refractivity contribution in [1.82, 2.24) is 25.1 Å². The van der Waals surface area contributed by atoms with Crippen LogP contribution in [0, 0.1) is 5.92 Å². The molecule has 8 heteroatoms. The van der Waals surface area contributed by atoms with Crippen LogP contribution in [0.15, 0.2) is 47.7 Å². The molecule has 2 aliphatic rings. The third-order valence-corrected chi connectivity index (χ3v) is 6.72. The van der Waals surface area contributed by atoms with Crippen molar-refractivity contribution in [2.75, 3.05) is 20.1 Å².